The van der Waals surface area contributed by atoms with Crippen molar-refractivity contribution in [1.82, 2.24) is 9.80 Å². The van der Waals surface area contributed by atoms with Gasteiger partial charge in [-0.15, -0.1) is 0 Å². The van der Waals surface area contributed by atoms with Crippen molar-refractivity contribution >= 4 is 17.8 Å². The molecule has 39 heavy (non-hydrogen) atoms. The molecule has 2 aliphatic rings. The van der Waals surface area contributed by atoms with E-state index in [4.69, 9.17) is 14.2 Å². The molecular weight excluding hydrogens is 510 g/mol. The lowest BCUT2D eigenvalue weighted by molar-refractivity contribution is -0.146. The van der Waals surface area contributed by atoms with Gasteiger partial charge in [-0.2, -0.15) is 0 Å². The van der Waals surface area contributed by atoms with Gasteiger partial charge < -0.3 is 19.1 Å². The van der Waals surface area contributed by atoms with Gasteiger partial charge in [-0.3, -0.25) is 14.5 Å². The summed E-state index contributed by atoms with van der Waals surface area (Å²) in [5, 5.41) is 0. The minimum Gasteiger partial charge on any atom is -0.444 e. The zero-order valence-electron chi connectivity index (χ0n) is 24.5. The van der Waals surface area contributed by atoms with Gasteiger partial charge in [-0.25, -0.2) is 13.6 Å². The Bertz CT molecular complexity index is 1070. The molecule has 0 aliphatic carbocycles. The number of benzene rings is 1. The first-order chi connectivity index (χ1) is 17.8. The highest BCUT2D eigenvalue weighted by Crippen LogP contribution is 2.40. The standard InChI is InChI=1S/C29H42F2N2O6/c1-17(34)33-23(12-18-10-19(30)13-20(31)11-18)25(38-29(33,8)9)22-14-21(37-16-24(35)27(2,3)4)15-32(22)26(36)39-28(5,6)7/h10-11,13,21-23,25H,12,14-16H2,1-9H3/t21-,22-,23+,25-/m1/s1. The number of amides is 2. The summed E-state index contributed by atoms with van der Waals surface area (Å²) < 4.78 is 46.2. The molecule has 0 saturated carbocycles. The normalized spacial score (nSPS) is 25.2. The first kappa shape index (κ1) is 30.9. The fourth-order valence-electron chi connectivity index (χ4n) is 5.34. The summed E-state index contributed by atoms with van der Waals surface area (Å²) in [6, 6.07) is 2.04. The maximum Gasteiger partial charge on any atom is 0.410 e. The van der Waals surface area contributed by atoms with Crippen molar-refractivity contribution in [3.63, 3.8) is 0 Å². The molecule has 1 aromatic rings. The lowest BCUT2D eigenvalue weighted by Gasteiger charge is -2.34. The predicted octanol–water partition coefficient (Wildman–Crippen LogP) is 4.87. The van der Waals surface area contributed by atoms with Crippen molar-refractivity contribution in [2.24, 2.45) is 5.41 Å². The van der Waals surface area contributed by atoms with Crippen molar-refractivity contribution in [2.45, 2.75) is 111 Å². The lowest BCUT2D eigenvalue weighted by Crippen LogP contribution is -2.52. The van der Waals surface area contributed by atoms with E-state index in [2.05, 4.69) is 0 Å². The highest BCUT2D eigenvalue weighted by Gasteiger charge is 2.55. The third kappa shape index (κ3) is 7.54. The van der Waals surface area contributed by atoms with Crippen LogP contribution in [0.3, 0.4) is 0 Å². The van der Waals surface area contributed by atoms with Crippen LogP contribution in [0.5, 0.6) is 0 Å². The molecule has 0 radical (unpaired) electrons. The minimum atomic E-state index is -1.05. The molecule has 1 aromatic carbocycles. The number of carbonyl (C=O) groups excluding carboxylic acids is 3. The van der Waals surface area contributed by atoms with E-state index >= 15 is 0 Å². The van der Waals surface area contributed by atoms with Crippen LogP contribution in [-0.4, -0.2) is 76.4 Å². The van der Waals surface area contributed by atoms with Gasteiger partial charge in [0.1, 0.15) is 35.7 Å². The highest BCUT2D eigenvalue weighted by molar-refractivity contribution is 5.84. The Labute approximate surface area is 229 Å². The van der Waals surface area contributed by atoms with E-state index in [-0.39, 0.29) is 31.3 Å². The molecule has 2 amide bonds. The largest absolute Gasteiger partial charge is 0.444 e. The number of ether oxygens (including phenoxy) is 3. The monoisotopic (exact) mass is 552 g/mol. The van der Waals surface area contributed by atoms with Crippen LogP contribution >= 0.6 is 0 Å². The zero-order chi connectivity index (χ0) is 29.5. The fourth-order valence-corrected chi connectivity index (χ4v) is 5.34. The molecule has 0 spiro atoms. The van der Waals surface area contributed by atoms with Crippen LogP contribution in [0.4, 0.5) is 13.6 Å². The third-order valence-electron chi connectivity index (χ3n) is 7.02. The Morgan fingerprint density at radius 2 is 1.64 bits per heavy atom. The molecule has 10 heteroatoms. The van der Waals surface area contributed by atoms with Gasteiger partial charge in [0.2, 0.25) is 5.91 Å². The number of rotatable bonds is 6. The van der Waals surface area contributed by atoms with Gasteiger partial charge in [-0.1, -0.05) is 20.8 Å². The second-order valence-corrected chi connectivity index (χ2v) is 13.0. The number of nitrogens with zero attached hydrogens (tertiary/aromatic N) is 2. The molecule has 0 aromatic heterocycles. The van der Waals surface area contributed by atoms with Gasteiger partial charge in [0, 0.05) is 18.4 Å². The summed E-state index contributed by atoms with van der Waals surface area (Å²) >= 11 is 0. The summed E-state index contributed by atoms with van der Waals surface area (Å²) in [5.74, 6) is -1.78. The molecule has 0 unspecified atom stereocenters. The SMILES string of the molecule is CC(=O)N1[C@@H](Cc2cc(F)cc(F)c2)[C@@H]([C@H]2C[C@@H](OCC(=O)C(C)(C)C)CN2C(=O)OC(C)(C)C)OC1(C)C. The molecule has 2 fully saturated rings. The topological polar surface area (TPSA) is 85.4 Å². The van der Waals surface area contributed by atoms with E-state index in [0.717, 1.165) is 6.07 Å². The molecule has 2 aliphatic heterocycles. The molecule has 4 atom stereocenters. The molecule has 8 nitrogen and oxygen atoms in total. The fraction of sp³-hybridized carbons (Fsp3) is 0.690. The van der Waals surface area contributed by atoms with Crippen LogP contribution in [0.15, 0.2) is 18.2 Å². The van der Waals surface area contributed by atoms with E-state index in [1.54, 1.807) is 39.5 Å². The predicted molar refractivity (Wildman–Crippen MR) is 141 cm³/mol. The van der Waals surface area contributed by atoms with Crippen molar-refractivity contribution in [3.8, 4) is 0 Å². The Hall–Kier alpha value is -2.59. The van der Waals surface area contributed by atoms with E-state index < -0.39 is 58.8 Å². The van der Waals surface area contributed by atoms with Crippen LogP contribution in [0.2, 0.25) is 0 Å². The summed E-state index contributed by atoms with van der Waals surface area (Å²) in [4.78, 5) is 41.8. The number of halogens is 2. The Morgan fingerprint density at radius 1 is 1.05 bits per heavy atom. The van der Waals surface area contributed by atoms with E-state index in [0.29, 0.717) is 12.0 Å². The average molecular weight is 553 g/mol. The summed E-state index contributed by atoms with van der Waals surface area (Å²) in [5.41, 5.74) is -2.02. The molecular formula is C29H42F2N2O6. The van der Waals surface area contributed by atoms with E-state index in [1.807, 2.05) is 20.8 Å². The second-order valence-electron chi connectivity index (χ2n) is 13.0. The lowest BCUT2D eigenvalue weighted by atomic mass is 9.91. The van der Waals surface area contributed by atoms with Gasteiger partial charge >= 0.3 is 6.09 Å². The van der Waals surface area contributed by atoms with Crippen molar-refractivity contribution in [1.29, 1.82) is 0 Å². The van der Waals surface area contributed by atoms with Crippen LogP contribution in [0.1, 0.15) is 74.3 Å². The molecule has 0 N–H and O–H groups in total. The molecule has 2 saturated heterocycles. The van der Waals surface area contributed by atoms with Crippen molar-refractivity contribution in [3.05, 3.63) is 35.4 Å². The Balaban J connectivity index is 1.96. The van der Waals surface area contributed by atoms with Crippen LogP contribution in [-0.2, 0) is 30.2 Å². The number of hydrogen-bond acceptors (Lipinski definition) is 6. The number of Topliss-reactive ketones (excluding diaryl/α,β-unsaturated/α-hetero) is 1. The maximum absolute atomic E-state index is 14.1. The molecule has 3 rings (SSSR count). The summed E-state index contributed by atoms with van der Waals surface area (Å²) in [7, 11) is 0. The van der Waals surface area contributed by atoms with E-state index in [9.17, 15) is 23.2 Å². The average Bonchev–Trinajstić information content (AvgIpc) is 3.27. The molecule has 0 bridgehead atoms. The number of likely N-dealkylation sites (tertiary alicyclic amines) is 1. The van der Waals surface area contributed by atoms with E-state index in [1.165, 1.54) is 24.0 Å². The second kappa shape index (κ2) is 11.1. The highest BCUT2D eigenvalue weighted by atomic mass is 19.1. The molecule has 2 heterocycles. The van der Waals surface area contributed by atoms with Crippen LogP contribution in [0, 0.1) is 17.0 Å². The van der Waals surface area contributed by atoms with Gasteiger partial charge in [0.05, 0.1) is 24.7 Å². The number of carbonyl (C=O) groups is 3. The van der Waals surface area contributed by atoms with Gasteiger partial charge in [-0.05, 0) is 65.2 Å². The first-order valence-corrected chi connectivity index (χ1v) is 13.4. The zero-order valence-corrected chi connectivity index (χ0v) is 24.5. The van der Waals surface area contributed by atoms with Crippen molar-refractivity contribution < 1.29 is 37.4 Å². The Morgan fingerprint density at radius 3 is 2.15 bits per heavy atom. The first-order valence-electron chi connectivity index (χ1n) is 13.4. The summed E-state index contributed by atoms with van der Waals surface area (Å²) in [6.07, 6.45) is -1.32. The Kier molecular flexibility index (Phi) is 8.82. The van der Waals surface area contributed by atoms with Crippen molar-refractivity contribution in [2.75, 3.05) is 13.2 Å². The minimum absolute atomic E-state index is 0.0678. The van der Waals surface area contributed by atoms with Gasteiger partial charge in [0.25, 0.3) is 0 Å². The summed E-state index contributed by atoms with van der Waals surface area (Å²) in [6.45, 7) is 15.7. The van der Waals surface area contributed by atoms with Gasteiger partial charge in [0.15, 0.2) is 5.78 Å². The number of hydrogen-bond donors (Lipinski definition) is 0. The quantitative estimate of drug-likeness (QED) is 0.501. The maximum atomic E-state index is 14.1. The number of ketones is 1. The molecule has 218 valence electrons. The van der Waals surface area contributed by atoms with Crippen LogP contribution in [0.25, 0.3) is 0 Å². The van der Waals surface area contributed by atoms with Crippen LogP contribution < -0.4 is 0 Å². The smallest absolute Gasteiger partial charge is 0.410 e. The third-order valence-corrected chi connectivity index (χ3v) is 7.02.